The van der Waals surface area contributed by atoms with Gasteiger partial charge in [0, 0.05) is 0 Å². The van der Waals surface area contributed by atoms with Crippen molar-refractivity contribution in [3.8, 4) is 0 Å². The van der Waals surface area contributed by atoms with Gasteiger partial charge in [-0.25, -0.2) is 0 Å². The van der Waals surface area contributed by atoms with Crippen molar-refractivity contribution in [1.82, 2.24) is 4.90 Å². The van der Waals surface area contributed by atoms with Crippen molar-refractivity contribution in [1.29, 1.82) is 0 Å². The molecule has 0 bridgehead atoms. The lowest BCUT2D eigenvalue weighted by molar-refractivity contribution is 0.177. The summed E-state index contributed by atoms with van der Waals surface area (Å²) in [5, 5.41) is 0. The first kappa shape index (κ1) is 7.03. The van der Waals surface area contributed by atoms with Gasteiger partial charge in [-0.3, -0.25) is 4.90 Å². The lowest BCUT2D eigenvalue weighted by Gasteiger charge is -2.29. The van der Waals surface area contributed by atoms with Gasteiger partial charge in [0.2, 0.25) is 0 Å². The highest BCUT2D eigenvalue weighted by molar-refractivity contribution is 4.66. The van der Waals surface area contributed by atoms with Gasteiger partial charge in [-0.2, -0.15) is 0 Å². The third kappa shape index (κ3) is 1.95. The van der Waals surface area contributed by atoms with Crippen molar-refractivity contribution < 1.29 is 0 Å². The topological polar surface area (TPSA) is 29.3 Å². The first-order chi connectivity index (χ1) is 4.30. The minimum atomic E-state index is 0.269. The summed E-state index contributed by atoms with van der Waals surface area (Å²) in [5.41, 5.74) is 5.69. The van der Waals surface area contributed by atoms with Crippen molar-refractivity contribution in [2.45, 2.75) is 32.4 Å². The molecule has 0 aromatic heterocycles. The minimum Gasteiger partial charge on any atom is -0.316 e. The fourth-order valence-corrected chi connectivity index (χ4v) is 1.33. The van der Waals surface area contributed by atoms with E-state index in [2.05, 4.69) is 11.8 Å². The van der Waals surface area contributed by atoms with Crippen LogP contribution in [0.1, 0.15) is 26.2 Å². The number of piperidine rings is 1. The largest absolute Gasteiger partial charge is 0.316 e. The maximum Gasteiger partial charge on any atom is 0.0542 e. The predicted molar refractivity (Wildman–Crippen MR) is 39.1 cm³/mol. The van der Waals surface area contributed by atoms with Gasteiger partial charge < -0.3 is 5.73 Å². The lowest BCUT2D eigenvalue weighted by Crippen LogP contribution is -2.42. The molecule has 0 saturated carbocycles. The van der Waals surface area contributed by atoms with E-state index in [0.29, 0.717) is 0 Å². The summed E-state index contributed by atoms with van der Waals surface area (Å²) in [5.74, 6) is 0. The molecular formula is C7H16N2. The van der Waals surface area contributed by atoms with Crippen LogP contribution in [-0.4, -0.2) is 24.2 Å². The molecule has 2 nitrogen and oxygen atoms in total. The molecule has 1 heterocycles. The number of hydrogen-bond acceptors (Lipinski definition) is 2. The van der Waals surface area contributed by atoms with Crippen LogP contribution in [0, 0.1) is 0 Å². The molecule has 54 valence electrons. The van der Waals surface area contributed by atoms with Crippen LogP contribution in [0.25, 0.3) is 0 Å². The summed E-state index contributed by atoms with van der Waals surface area (Å²) in [6, 6.07) is 0. The van der Waals surface area contributed by atoms with Gasteiger partial charge in [0.25, 0.3) is 0 Å². The normalized spacial score (nSPS) is 26.0. The van der Waals surface area contributed by atoms with Crippen molar-refractivity contribution in [2.75, 3.05) is 13.1 Å². The van der Waals surface area contributed by atoms with Gasteiger partial charge in [-0.1, -0.05) is 6.42 Å². The van der Waals surface area contributed by atoms with E-state index < -0.39 is 0 Å². The quantitative estimate of drug-likeness (QED) is 0.565. The van der Waals surface area contributed by atoms with E-state index >= 15 is 0 Å². The third-order valence-electron chi connectivity index (χ3n) is 1.97. The van der Waals surface area contributed by atoms with Crippen molar-refractivity contribution in [2.24, 2.45) is 5.73 Å². The lowest BCUT2D eigenvalue weighted by atomic mass is 10.1. The molecule has 0 unspecified atom stereocenters. The molecular weight excluding hydrogens is 112 g/mol. The van der Waals surface area contributed by atoms with Crippen molar-refractivity contribution >= 4 is 0 Å². The third-order valence-corrected chi connectivity index (χ3v) is 1.97. The minimum absolute atomic E-state index is 0.269. The monoisotopic (exact) mass is 128 g/mol. The fourth-order valence-electron chi connectivity index (χ4n) is 1.33. The predicted octanol–water partition coefficient (Wildman–Crippen LogP) is 0.777. The molecule has 0 aromatic carbocycles. The van der Waals surface area contributed by atoms with E-state index in [-0.39, 0.29) is 6.17 Å². The summed E-state index contributed by atoms with van der Waals surface area (Å²) in [7, 11) is 0. The van der Waals surface area contributed by atoms with Crippen LogP contribution in [0.2, 0.25) is 0 Å². The highest BCUT2D eigenvalue weighted by Crippen LogP contribution is 2.08. The molecule has 9 heavy (non-hydrogen) atoms. The van der Waals surface area contributed by atoms with Gasteiger partial charge in [-0.05, 0) is 32.9 Å². The van der Waals surface area contributed by atoms with Crippen LogP contribution in [0.3, 0.4) is 0 Å². The van der Waals surface area contributed by atoms with Crippen LogP contribution in [0.4, 0.5) is 0 Å². The summed E-state index contributed by atoms with van der Waals surface area (Å²) in [6.07, 6.45) is 4.33. The number of nitrogens with zero attached hydrogens (tertiary/aromatic N) is 1. The van der Waals surface area contributed by atoms with Crippen LogP contribution in [0.15, 0.2) is 0 Å². The maximum absolute atomic E-state index is 5.69. The SMILES string of the molecule is C[C@@H](N)N1CCCCC1. The molecule has 1 aliphatic heterocycles. The molecule has 1 saturated heterocycles. The molecule has 2 heteroatoms. The molecule has 0 spiro atoms. The van der Waals surface area contributed by atoms with E-state index in [1.165, 1.54) is 32.4 Å². The molecule has 0 radical (unpaired) electrons. The highest BCUT2D eigenvalue weighted by atomic mass is 15.2. The summed E-state index contributed by atoms with van der Waals surface area (Å²) in [6.45, 7) is 4.47. The van der Waals surface area contributed by atoms with Crippen LogP contribution < -0.4 is 5.73 Å². The Bertz CT molecular complexity index is 75.0. The molecule has 0 aromatic rings. The maximum atomic E-state index is 5.69. The molecule has 1 aliphatic rings. The molecule has 0 aliphatic carbocycles. The second-order valence-electron chi connectivity index (χ2n) is 2.84. The fraction of sp³-hybridized carbons (Fsp3) is 1.00. The van der Waals surface area contributed by atoms with Gasteiger partial charge >= 0.3 is 0 Å². The van der Waals surface area contributed by atoms with Gasteiger partial charge in [-0.15, -0.1) is 0 Å². The number of hydrogen-bond donors (Lipinski definition) is 1. The zero-order valence-electron chi connectivity index (χ0n) is 6.14. The Morgan fingerprint density at radius 1 is 1.22 bits per heavy atom. The van der Waals surface area contributed by atoms with E-state index in [1.54, 1.807) is 0 Å². The van der Waals surface area contributed by atoms with E-state index in [4.69, 9.17) is 5.73 Å². The molecule has 0 amide bonds. The average molecular weight is 128 g/mol. The van der Waals surface area contributed by atoms with Crippen LogP contribution in [-0.2, 0) is 0 Å². The van der Waals surface area contributed by atoms with Crippen molar-refractivity contribution in [3.05, 3.63) is 0 Å². The Hall–Kier alpha value is -0.0800. The van der Waals surface area contributed by atoms with E-state index in [9.17, 15) is 0 Å². The average Bonchev–Trinajstić information content (AvgIpc) is 1.90. The Morgan fingerprint density at radius 3 is 2.11 bits per heavy atom. The highest BCUT2D eigenvalue weighted by Gasteiger charge is 2.11. The second kappa shape index (κ2) is 3.18. The molecule has 1 fully saturated rings. The molecule has 2 N–H and O–H groups in total. The first-order valence-electron chi connectivity index (χ1n) is 3.80. The number of rotatable bonds is 1. The number of likely N-dealkylation sites (tertiary alicyclic amines) is 1. The second-order valence-corrected chi connectivity index (χ2v) is 2.84. The Morgan fingerprint density at radius 2 is 1.78 bits per heavy atom. The van der Waals surface area contributed by atoms with Crippen LogP contribution in [0.5, 0.6) is 0 Å². The summed E-state index contributed by atoms with van der Waals surface area (Å²) >= 11 is 0. The van der Waals surface area contributed by atoms with E-state index in [0.717, 1.165) is 0 Å². The number of nitrogens with two attached hydrogens (primary N) is 1. The summed E-state index contributed by atoms with van der Waals surface area (Å²) < 4.78 is 0. The van der Waals surface area contributed by atoms with E-state index in [1.807, 2.05) is 0 Å². The summed E-state index contributed by atoms with van der Waals surface area (Å²) in [4.78, 5) is 2.34. The van der Waals surface area contributed by atoms with Gasteiger partial charge in [0.15, 0.2) is 0 Å². The van der Waals surface area contributed by atoms with Gasteiger partial charge in [0.1, 0.15) is 0 Å². The Labute approximate surface area is 57.0 Å². The smallest absolute Gasteiger partial charge is 0.0542 e. The first-order valence-corrected chi connectivity index (χ1v) is 3.80. The van der Waals surface area contributed by atoms with Gasteiger partial charge in [0.05, 0.1) is 6.17 Å². The Kier molecular flexibility index (Phi) is 2.49. The molecule has 1 rings (SSSR count). The standard InChI is InChI=1S/C7H16N2/c1-7(8)9-5-3-2-4-6-9/h7H,2-6,8H2,1H3/t7-/m0/s1. The van der Waals surface area contributed by atoms with Crippen LogP contribution >= 0.6 is 0 Å². The Balaban J connectivity index is 2.23. The zero-order valence-corrected chi connectivity index (χ0v) is 6.14. The zero-order chi connectivity index (χ0) is 6.69. The van der Waals surface area contributed by atoms with Crippen molar-refractivity contribution in [3.63, 3.8) is 0 Å². The molecule has 1 atom stereocenters.